The minimum atomic E-state index is -0.130. The van der Waals surface area contributed by atoms with Crippen LogP contribution in [0.1, 0.15) is 42.2 Å². The highest BCUT2D eigenvalue weighted by Gasteiger charge is 2.38. The first kappa shape index (κ1) is 20.6. The fourth-order valence-corrected chi connectivity index (χ4v) is 4.89. The third-order valence-electron chi connectivity index (χ3n) is 5.57. The highest BCUT2D eigenvalue weighted by molar-refractivity contribution is 14.1. The SMILES string of the molecule is CC(=O)N(c1ccccc1)C1CC(C)N(C(=O)c2ccccc2I)c2ccccc21. The number of hydrogen-bond acceptors (Lipinski definition) is 2. The number of carbonyl (C=O) groups excluding carboxylic acids is 2. The number of anilines is 2. The third kappa shape index (κ3) is 3.74. The summed E-state index contributed by atoms with van der Waals surface area (Å²) in [6, 6.07) is 25.1. The molecule has 0 fully saturated rings. The summed E-state index contributed by atoms with van der Waals surface area (Å²) in [5.74, 6) is -0.0157. The van der Waals surface area contributed by atoms with E-state index >= 15 is 0 Å². The van der Waals surface area contributed by atoms with Crippen molar-refractivity contribution in [2.24, 2.45) is 0 Å². The molecule has 1 aliphatic heterocycles. The van der Waals surface area contributed by atoms with Crippen LogP contribution in [0.3, 0.4) is 0 Å². The normalized spacial score (nSPS) is 17.9. The molecule has 1 heterocycles. The molecular formula is C25H23IN2O2. The Balaban J connectivity index is 1.80. The predicted molar refractivity (Wildman–Crippen MR) is 129 cm³/mol. The van der Waals surface area contributed by atoms with Crippen molar-refractivity contribution in [1.82, 2.24) is 0 Å². The second kappa shape index (κ2) is 8.60. The largest absolute Gasteiger partial charge is 0.305 e. The zero-order valence-corrected chi connectivity index (χ0v) is 19.1. The van der Waals surface area contributed by atoms with Crippen LogP contribution in [0.25, 0.3) is 0 Å². The van der Waals surface area contributed by atoms with Gasteiger partial charge in [0.1, 0.15) is 0 Å². The molecule has 152 valence electrons. The Kier molecular flexibility index (Phi) is 5.90. The molecule has 0 saturated heterocycles. The topological polar surface area (TPSA) is 40.6 Å². The first-order valence-electron chi connectivity index (χ1n) is 10.0. The van der Waals surface area contributed by atoms with Gasteiger partial charge in [0.15, 0.2) is 0 Å². The first-order chi connectivity index (χ1) is 14.5. The lowest BCUT2D eigenvalue weighted by Crippen LogP contribution is -2.47. The standard InChI is InChI=1S/C25H23IN2O2/c1-17-16-24(28(18(2)29)19-10-4-3-5-11-19)21-13-7-9-15-23(21)27(17)25(30)20-12-6-8-14-22(20)26/h3-15,17,24H,16H2,1-2H3. The minimum Gasteiger partial charge on any atom is -0.305 e. The molecule has 0 saturated carbocycles. The van der Waals surface area contributed by atoms with E-state index in [-0.39, 0.29) is 23.9 Å². The molecule has 30 heavy (non-hydrogen) atoms. The lowest BCUT2D eigenvalue weighted by atomic mass is 9.89. The summed E-state index contributed by atoms with van der Waals surface area (Å²) in [7, 11) is 0. The van der Waals surface area contributed by atoms with Crippen LogP contribution in [0.2, 0.25) is 0 Å². The Morgan fingerprint density at radius 3 is 2.27 bits per heavy atom. The molecule has 4 nitrogen and oxygen atoms in total. The summed E-state index contributed by atoms with van der Waals surface area (Å²) >= 11 is 2.21. The van der Waals surface area contributed by atoms with Gasteiger partial charge in [0, 0.05) is 27.9 Å². The zero-order valence-electron chi connectivity index (χ0n) is 17.0. The Morgan fingerprint density at radius 2 is 1.57 bits per heavy atom. The molecule has 2 amide bonds. The molecule has 0 aromatic heterocycles. The van der Waals surface area contributed by atoms with E-state index in [9.17, 15) is 9.59 Å². The van der Waals surface area contributed by atoms with Crippen molar-refractivity contribution in [3.63, 3.8) is 0 Å². The van der Waals surface area contributed by atoms with Gasteiger partial charge in [-0.1, -0.05) is 48.5 Å². The van der Waals surface area contributed by atoms with Crippen molar-refractivity contribution in [2.45, 2.75) is 32.4 Å². The fourth-order valence-electron chi connectivity index (χ4n) is 4.27. The summed E-state index contributed by atoms with van der Waals surface area (Å²) in [6.45, 7) is 3.66. The Labute approximate surface area is 190 Å². The van der Waals surface area contributed by atoms with Gasteiger partial charge in [-0.25, -0.2) is 0 Å². The van der Waals surface area contributed by atoms with Crippen LogP contribution >= 0.6 is 22.6 Å². The number of rotatable bonds is 3. The number of benzene rings is 3. The van der Waals surface area contributed by atoms with Crippen LogP contribution in [-0.4, -0.2) is 17.9 Å². The van der Waals surface area contributed by atoms with Gasteiger partial charge in [0.25, 0.3) is 5.91 Å². The number of hydrogen-bond donors (Lipinski definition) is 0. The Bertz CT molecular complexity index is 1080. The molecule has 2 unspecified atom stereocenters. The molecule has 3 aromatic rings. The van der Waals surface area contributed by atoms with Gasteiger partial charge < -0.3 is 9.80 Å². The Morgan fingerprint density at radius 1 is 0.933 bits per heavy atom. The monoisotopic (exact) mass is 510 g/mol. The molecule has 3 aromatic carbocycles. The van der Waals surface area contributed by atoms with Crippen LogP contribution in [0.5, 0.6) is 0 Å². The molecule has 2 atom stereocenters. The number of nitrogens with zero attached hydrogens (tertiary/aromatic N) is 2. The van der Waals surface area contributed by atoms with Crippen LogP contribution in [0.4, 0.5) is 11.4 Å². The van der Waals surface area contributed by atoms with Gasteiger partial charge in [-0.15, -0.1) is 0 Å². The number of halogens is 1. The quantitative estimate of drug-likeness (QED) is 0.417. The Hall–Kier alpha value is -2.67. The van der Waals surface area contributed by atoms with E-state index in [2.05, 4.69) is 29.5 Å². The number of para-hydroxylation sites is 2. The summed E-state index contributed by atoms with van der Waals surface area (Å²) in [5.41, 5.74) is 3.43. The van der Waals surface area contributed by atoms with Crippen LogP contribution in [0, 0.1) is 3.57 Å². The van der Waals surface area contributed by atoms with Gasteiger partial charge in [-0.05, 0) is 71.8 Å². The maximum absolute atomic E-state index is 13.5. The van der Waals surface area contributed by atoms with Gasteiger partial charge in [0.2, 0.25) is 5.91 Å². The van der Waals surface area contributed by atoms with E-state index in [1.807, 2.05) is 88.7 Å². The average Bonchev–Trinajstić information content (AvgIpc) is 2.74. The van der Waals surface area contributed by atoms with Crippen LogP contribution in [-0.2, 0) is 4.79 Å². The van der Waals surface area contributed by atoms with Crippen molar-refractivity contribution in [2.75, 3.05) is 9.80 Å². The van der Waals surface area contributed by atoms with Crippen LogP contribution < -0.4 is 9.80 Å². The van der Waals surface area contributed by atoms with E-state index < -0.39 is 0 Å². The molecule has 0 radical (unpaired) electrons. The van der Waals surface area contributed by atoms with Crippen molar-refractivity contribution in [3.8, 4) is 0 Å². The molecule has 0 spiro atoms. The van der Waals surface area contributed by atoms with Crippen molar-refractivity contribution < 1.29 is 9.59 Å². The maximum Gasteiger partial charge on any atom is 0.259 e. The van der Waals surface area contributed by atoms with Gasteiger partial charge in [-0.2, -0.15) is 0 Å². The predicted octanol–water partition coefficient (Wildman–Crippen LogP) is 5.82. The second-order valence-electron chi connectivity index (χ2n) is 7.54. The third-order valence-corrected chi connectivity index (χ3v) is 6.51. The van der Waals surface area contributed by atoms with Crippen LogP contribution in [0.15, 0.2) is 78.9 Å². The van der Waals surface area contributed by atoms with E-state index in [4.69, 9.17) is 0 Å². The number of carbonyl (C=O) groups is 2. The summed E-state index contributed by atoms with van der Waals surface area (Å²) in [4.78, 5) is 29.9. The second-order valence-corrected chi connectivity index (χ2v) is 8.70. The van der Waals surface area contributed by atoms with E-state index in [0.717, 1.165) is 20.5 Å². The maximum atomic E-state index is 13.5. The molecule has 1 aliphatic rings. The van der Waals surface area contributed by atoms with E-state index in [1.54, 1.807) is 6.92 Å². The van der Waals surface area contributed by atoms with Crippen molar-refractivity contribution in [1.29, 1.82) is 0 Å². The lowest BCUT2D eigenvalue weighted by Gasteiger charge is -2.43. The fraction of sp³-hybridized carbons (Fsp3) is 0.200. The van der Waals surface area contributed by atoms with E-state index in [0.29, 0.717) is 12.0 Å². The first-order valence-corrected chi connectivity index (χ1v) is 11.1. The summed E-state index contributed by atoms with van der Waals surface area (Å²) < 4.78 is 0.932. The van der Waals surface area contributed by atoms with Gasteiger partial charge >= 0.3 is 0 Å². The molecule has 0 N–H and O–H groups in total. The van der Waals surface area contributed by atoms with Crippen molar-refractivity contribution >= 4 is 45.8 Å². The highest BCUT2D eigenvalue weighted by atomic mass is 127. The number of amides is 2. The molecule has 5 heteroatoms. The summed E-state index contributed by atoms with van der Waals surface area (Å²) in [5, 5.41) is 0. The summed E-state index contributed by atoms with van der Waals surface area (Å²) in [6.07, 6.45) is 0.667. The molecule has 0 bridgehead atoms. The molecule has 0 aliphatic carbocycles. The lowest BCUT2D eigenvalue weighted by molar-refractivity contribution is -0.117. The van der Waals surface area contributed by atoms with E-state index in [1.165, 1.54) is 0 Å². The average molecular weight is 510 g/mol. The number of fused-ring (bicyclic) bond motifs is 1. The molecular weight excluding hydrogens is 487 g/mol. The highest BCUT2D eigenvalue weighted by Crippen LogP contribution is 2.42. The van der Waals surface area contributed by atoms with Gasteiger partial charge in [0.05, 0.1) is 11.6 Å². The van der Waals surface area contributed by atoms with Gasteiger partial charge in [-0.3, -0.25) is 9.59 Å². The minimum absolute atomic E-state index is 0.00696. The zero-order chi connectivity index (χ0) is 21.3. The van der Waals surface area contributed by atoms with Crippen molar-refractivity contribution in [3.05, 3.63) is 93.6 Å². The molecule has 4 rings (SSSR count). The smallest absolute Gasteiger partial charge is 0.259 e.